The van der Waals surface area contributed by atoms with Gasteiger partial charge in [-0.1, -0.05) is 18.2 Å². The Hall–Kier alpha value is -3.01. The minimum absolute atomic E-state index is 0.404. The smallest absolute Gasteiger partial charge is 0.249 e. The van der Waals surface area contributed by atoms with Gasteiger partial charge >= 0.3 is 0 Å². The van der Waals surface area contributed by atoms with E-state index in [9.17, 15) is 4.79 Å². The molecule has 0 aliphatic carbocycles. The second-order valence-corrected chi connectivity index (χ2v) is 5.80. The second kappa shape index (κ2) is 5.02. The first kappa shape index (κ1) is 13.6. The van der Waals surface area contributed by atoms with Gasteiger partial charge in [0.2, 0.25) is 5.91 Å². The van der Waals surface area contributed by atoms with Gasteiger partial charge in [0.25, 0.3) is 0 Å². The molecule has 0 bridgehead atoms. The van der Waals surface area contributed by atoms with Crippen LogP contribution in [0, 0.1) is 6.92 Å². The van der Waals surface area contributed by atoms with Crippen molar-refractivity contribution in [2.24, 2.45) is 5.73 Å². The lowest BCUT2D eigenvalue weighted by atomic mass is 10.1. The molecule has 0 aliphatic rings. The molecule has 4 rings (SSSR count). The standard InChI is InChI=1S/C19H16N2O2/c1-12-5-6-14-17(9-12)21(10-13-7-8-23-11-13)16-4-2-3-15(18(14)16)19(20)22/h2-9,11H,10H2,1H3,(H2,20,22). The zero-order chi connectivity index (χ0) is 16.0. The van der Waals surface area contributed by atoms with Gasteiger partial charge in [-0.25, -0.2) is 0 Å². The molecule has 2 heterocycles. The summed E-state index contributed by atoms with van der Waals surface area (Å²) in [5, 5.41) is 1.96. The highest BCUT2D eigenvalue weighted by molar-refractivity contribution is 6.17. The fourth-order valence-corrected chi connectivity index (χ4v) is 3.20. The van der Waals surface area contributed by atoms with Crippen molar-refractivity contribution in [3.63, 3.8) is 0 Å². The Morgan fingerprint density at radius 2 is 2.04 bits per heavy atom. The summed E-state index contributed by atoms with van der Waals surface area (Å²) < 4.78 is 7.39. The van der Waals surface area contributed by atoms with Crippen LogP contribution in [0.5, 0.6) is 0 Å². The van der Waals surface area contributed by atoms with Gasteiger partial charge in [0.05, 0.1) is 24.6 Å². The van der Waals surface area contributed by atoms with Crippen LogP contribution in [-0.4, -0.2) is 10.5 Å². The number of benzene rings is 2. The lowest BCUT2D eigenvalue weighted by molar-refractivity contribution is 0.100. The van der Waals surface area contributed by atoms with Gasteiger partial charge in [-0.05, 0) is 36.8 Å². The van der Waals surface area contributed by atoms with Crippen LogP contribution in [0.25, 0.3) is 21.8 Å². The number of amides is 1. The first-order chi connectivity index (χ1) is 11.1. The summed E-state index contributed by atoms with van der Waals surface area (Å²) >= 11 is 0. The predicted molar refractivity (Wildman–Crippen MR) is 90.5 cm³/mol. The Kier molecular flexibility index (Phi) is 2.98. The Morgan fingerprint density at radius 3 is 2.78 bits per heavy atom. The van der Waals surface area contributed by atoms with E-state index in [1.54, 1.807) is 18.6 Å². The molecule has 23 heavy (non-hydrogen) atoms. The fraction of sp³-hybridized carbons (Fsp3) is 0.105. The topological polar surface area (TPSA) is 61.2 Å². The molecule has 0 aliphatic heterocycles. The molecule has 4 heteroatoms. The van der Waals surface area contributed by atoms with Crippen molar-refractivity contribution in [2.75, 3.05) is 0 Å². The first-order valence-electron chi connectivity index (χ1n) is 7.47. The number of carbonyl (C=O) groups excluding carboxylic acids is 1. The second-order valence-electron chi connectivity index (χ2n) is 5.80. The van der Waals surface area contributed by atoms with Crippen LogP contribution in [0.1, 0.15) is 21.5 Å². The third kappa shape index (κ3) is 2.11. The maximum atomic E-state index is 11.8. The molecule has 0 saturated carbocycles. The number of furan rings is 1. The fourth-order valence-electron chi connectivity index (χ4n) is 3.20. The van der Waals surface area contributed by atoms with E-state index in [1.807, 2.05) is 18.2 Å². The molecule has 2 N–H and O–H groups in total. The van der Waals surface area contributed by atoms with Gasteiger partial charge in [-0.3, -0.25) is 4.79 Å². The maximum Gasteiger partial charge on any atom is 0.249 e. The van der Waals surface area contributed by atoms with Gasteiger partial charge in [-0.2, -0.15) is 0 Å². The van der Waals surface area contributed by atoms with E-state index in [2.05, 4.69) is 29.7 Å². The molecule has 0 fully saturated rings. The number of hydrogen-bond acceptors (Lipinski definition) is 2. The Labute approximate surface area is 133 Å². The zero-order valence-corrected chi connectivity index (χ0v) is 12.7. The summed E-state index contributed by atoms with van der Waals surface area (Å²) in [6.07, 6.45) is 3.41. The molecular weight excluding hydrogens is 288 g/mol. The largest absolute Gasteiger partial charge is 0.472 e. The van der Waals surface area contributed by atoms with E-state index < -0.39 is 5.91 Å². The highest BCUT2D eigenvalue weighted by atomic mass is 16.3. The summed E-state index contributed by atoms with van der Waals surface area (Å²) in [5.41, 5.74) is 10.5. The molecular formula is C19H16N2O2. The van der Waals surface area contributed by atoms with Crippen molar-refractivity contribution in [1.29, 1.82) is 0 Å². The van der Waals surface area contributed by atoms with Gasteiger partial charge in [0, 0.05) is 27.4 Å². The Morgan fingerprint density at radius 1 is 1.17 bits per heavy atom. The predicted octanol–water partition coefficient (Wildman–Crippen LogP) is 3.84. The quantitative estimate of drug-likeness (QED) is 0.625. The number of carbonyl (C=O) groups is 1. The summed E-state index contributed by atoms with van der Waals surface area (Å²) in [6, 6.07) is 13.9. The number of rotatable bonds is 3. The summed E-state index contributed by atoms with van der Waals surface area (Å²) in [6.45, 7) is 2.75. The van der Waals surface area contributed by atoms with Crippen LogP contribution in [0.4, 0.5) is 0 Å². The summed E-state index contributed by atoms with van der Waals surface area (Å²) in [5.74, 6) is -0.404. The van der Waals surface area contributed by atoms with E-state index in [0.717, 1.165) is 27.4 Å². The number of nitrogens with zero attached hydrogens (tertiary/aromatic N) is 1. The zero-order valence-electron chi connectivity index (χ0n) is 12.7. The Balaban J connectivity index is 2.11. The number of hydrogen-bond donors (Lipinski definition) is 1. The summed E-state index contributed by atoms with van der Waals surface area (Å²) in [7, 11) is 0. The highest BCUT2D eigenvalue weighted by Gasteiger charge is 2.16. The van der Waals surface area contributed by atoms with E-state index in [1.165, 1.54) is 5.56 Å². The van der Waals surface area contributed by atoms with E-state index in [-0.39, 0.29) is 0 Å². The molecule has 4 nitrogen and oxygen atoms in total. The van der Waals surface area contributed by atoms with Crippen molar-refractivity contribution in [3.8, 4) is 0 Å². The van der Waals surface area contributed by atoms with Gasteiger partial charge in [0.15, 0.2) is 0 Å². The molecule has 2 aromatic heterocycles. The average molecular weight is 304 g/mol. The monoisotopic (exact) mass is 304 g/mol. The molecule has 0 spiro atoms. The lowest BCUT2D eigenvalue weighted by Crippen LogP contribution is -2.11. The third-order valence-electron chi connectivity index (χ3n) is 4.23. The van der Waals surface area contributed by atoms with Crippen molar-refractivity contribution >= 4 is 27.7 Å². The SMILES string of the molecule is Cc1ccc2c3c(C(N)=O)cccc3n(Cc3ccoc3)c2c1. The minimum Gasteiger partial charge on any atom is -0.472 e. The van der Waals surface area contributed by atoms with E-state index in [4.69, 9.17) is 10.2 Å². The van der Waals surface area contributed by atoms with Crippen LogP contribution in [-0.2, 0) is 6.54 Å². The van der Waals surface area contributed by atoms with E-state index >= 15 is 0 Å². The normalized spacial score (nSPS) is 11.3. The minimum atomic E-state index is -0.404. The van der Waals surface area contributed by atoms with Gasteiger partial charge < -0.3 is 14.7 Å². The molecule has 0 saturated heterocycles. The number of nitrogens with two attached hydrogens (primary N) is 1. The molecule has 0 radical (unpaired) electrons. The molecule has 114 valence electrons. The van der Waals surface area contributed by atoms with Crippen molar-refractivity contribution in [3.05, 3.63) is 71.7 Å². The molecule has 0 unspecified atom stereocenters. The molecule has 0 atom stereocenters. The number of aromatic nitrogens is 1. The third-order valence-corrected chi connectivity index (χ3v) is 4.23. The van der Waals surface area contributed by atoms with Crippen LogP contribution >= 0.6 is 0 Å². The van der Waals surface area contributed by atoms with Crippen molar-refractivity contribution < 1.29 is 9.21 Å². The number of aryl methyl sites for hydroxylation is 1. The van der Waals surface area contributed by atoms with E-state index in [0.29, 0.717) is 12.1 Å². The van der Waals surface area contributed by atoms with Gasteiger partial charge in [-0.15, -0.1) is 0 Å². The lowest BCUT2D eigenvalue weighted by Gasteiger charge is -2.06. The highest BCUT2D eigenvalue weighted by Crippen LogP contribution is 2.32. The Bertz CT molecular complexity index is 1030. The molecule has 2 aromatic carbocycles. The average Bonchev–Trinajstić information content (AvgIpc) is 3.14. The van der Waals surface area contributed by atoms with Crippen LogP contribution in [0.3, 0.4) is 0 Å². The van der Waals surface area contributed by atoms with Crippen LogP contribution in [0.15, 0.2) is 59.4 Å². The maximum absolute atomic E-state index is 11.8. The summed E-state index contributed by atoms with van der Waals surface area (Å²) in [4.78, 5) is 11.8. The number of fused-ring (bicyclic) bond motifs is 3. The first-order valence-corrected chi connectivity index (χ1v) is 7.47. The van der Waals surface area contributed by atoms with Crippen LogP contribution < -0.4 is 5.73 Å². The number of primary amides is 1. The molecule has 4 aromatic rings. The molecule has 1 amide bonds. The van der Waals surface area contributed by atoms with Gasteiger partial charge in [0.1, 0.15) is 0 Å². The van der Waals surface area contributed by atoms with Crippen LogP contribution in [0.2, 0.25) is 0 Å². The van der Waals surface area contributed by atoms with Crippen molar-refractivity contribution in [1.82, 2.24) is 4.57 Å². The van der Waals surface area contributed by atoms with Crippen molar-refractivity contribution in [2.45, 2.75) is 13.5 Å².